The Bertz CT molecular complexity index is 961. The van der Waals surface area contributed by atoms with Gasteiger partial charge in [-0.15, -0.1) is 11.3 Å². The second-order valence-electron chi connectivity index (χ2n) is 9.38. The topological polar surface area (TPSA) is 83.5 Å². The van der Waals surface area contributed by atoms with Gasteiger partial charge in [0.2, 0.25) is 0 Å². The fourth-order valence-corrected chi connectivity index (χ4v) is 6.25. The van der Waals surface area contributed by atoms with Crippen molar-refractivity contribution in [3.8, 4) is 0 Å². The summed E-state index contributed by atoms with van der Waals surface area (Å²) in [6, 6.07) is 11.5. The van der Waals surface area contributed by atoms with Crippen LogP contribution in [0.5, 0.6) is 0 Å². The van der Waals surface area contributed by atoms with Crippen molar-refractivity contribution < 1.29 is 22.8 Å². The first-order valence-electron chi connectivity index (χ1n) is 11.2. The van der Waals surface area contributed by atoms with Gasteiger partial charge in [-0.2, -0.15) is 0 Å². The monoisotopic (exact) mass is 481 g/mol. The molecule has 0 bridgehead atoms. The first kappa shape index (κ1) is 26.5. The molecule has 0 fully saturated rings. The van der Waals surface area contributed by atoms with Crippen molar-refractivity contribution in [1.29, 1.82) is 0 Å². The van der Waals surface area contributed by atoms with Gasteiger partial charge in [0.1, 0.15) is 4.21 Å². The molecule has 2 aromatic rings. The lowest BCUT2D eigenvalue weighted by molar-refractivity contribution is -0.871. The maximum absolute atomic E-state index is 12.8. The van der Waals surface area contributed by atoms with Crippen LogP contribution in [-0.2, 0) is 34.1 Å². The zero-order valence-electron chi connectivity index (χ0n) is 19.6. The van der Waals surface area contributed by atoms with E-state index in [9.17, 15) is 13.2 Å². The Morgan fingerprint density at radius 2 is 1.62 bits per heavy atom. The van der Waals surface area contributed by atoms with Crippen molar-refractivity contribution in [1.82, 2.24) is 4.72 Å². The van der Waals surface area contributed by atoms with Gasteiger partial charge in [0.05, 0.1) is 40.2 Å². The number of carboxylic acids is 1. The molecule has 0 aliphatic heterocycles. The molecule has 1 heterocycles. The average Bonchev–Trinajstić information content (AvgIpc) is 3.15. The van der Waals surface area contributed by atoms with Gasteiger partial charge in [0, 0.05) is 4.88 Å². The Morgan fingerprint density at radius 3 is 2.19 bits per heavy atom. The van der Waals surface area contributed by atoms with Crippen molar-refractivity contribution in [3.05, 3.63) is 52.4 Å². The van der Waals surface area contributed by atoms with Gasteiger partial charge in [-0.05, 0) is 48.9 Å². The molecule has 0 amide bonds. The molecule has 1 atom stereocenters. The number of thiophene rings is 1. The number of nitrogens with zero attached hydrogens (tertiary/aromatic N) is 1. The predicted octanol–water partition coefficient (Wildman–Crippen LogP) is 4.09. The number of aliphatic carboxylic acids is 1. The number of quaternary nitrogens is 1. The lowest BCUT2D eigenvalue weighted by Crippen LogP contribution is -2.49. The molecule has 2 N–H and O–H groups in total. The van der Waals surface area contributed by atoms with Crippen LogP contribution in [0.3, 0.4) is 0 Å². The summed E-state index contributed by atoms with van der Waals surface area (Å²) in [7, 11) is 1.96. The Labute approximate surface area is 196 Å². The number of carboxylic acid groups (broad SMARTS) is 1. The smallest absolute Gasteiger partial charge is 0.305 e. The maximum Gasteiger partial charge on any atom is 0.305 e. The van der Waals surface area contributed by atoms with Crippen LogP contribution in [0.1, 0.15) is 48.6 Å². The van der Waals surface area contributed by atoms with Crippen molar-refractivity contribution in [2.45, 2.75) is 62.1 Å². The highest BCUT2D eigenvalue weighted by atomic mass is 32.2. The van der Waals surface area contributed by atoms with E-state index in [0.29, 0.717) is 11.0 Å². The van der Waals surface area contributed by atoms with E-state index in [-0.39, 0.29) is 10.6 Å². The lowest BCUT2D eigenvalue weighted by Gasteiger charge is -2.28. The molecule has 1 aromatic heterocycles. The van der Waals surface area contributed by atoms with Crippen LogP contribution in [0.25, 0.3) is 0 Å². The highest BCUT2D eigenvalue weighted by Gasteiger charge is 2.27. The molecule has 0 saturated carbocycles. The summed E-state index contributed by atoms with van der Waals surface area (Å²) in [5.41, 5.74) is 2.60. The highest BCUT2D eigenvalue weighted by Crippen LogP contribution is 2.24. The summed E-state index contributed by atoms with van der Waals surface area (Å²) in [5.74, 6) is -1.02. The van der Waals surface area contributed by atoms with Crippen LogP contribution in [0.2, 0.25) is 0 Å². The standard InChI is InChI=1S/C24H36N2O4S2/c1-5-6-7-8-19-9-11-20(12-10-19)13-14-22-15-16-24(31-22)32(29,30)25-21(17-23(27)28)18-26(2,3)4/h9-12,15-16,21,25H,5-8,13-14,17-18H2,1-4H3/p+1. The van der Waals surface area contributed by atoms with Gasteiger partial charge in [-0.25, -0.2) is 13.1 Å². The summed E-state index contributed by atoms with van der Waals surface area (Å²) in [4.78, 5) is 12.2. The van der Waals surface area contributed by atoms with Crippen LogP contribution < -0.4 is 4.72 Å². The molecule has 178 valence electrons. The van der Waals surface area contributed by atoms with Crippen LogP contribution in [0.4, 0.5) is 0 Å². The summed E-state index contributed by atoms with van der Waals surface area (Å²) >= 11 is 1.25. The minimum Gasteiger partial charge on any atom is -0.481 e. The van der Waals surface area contributed by atoms with E-state index in [4.69, 9.17) is 5.11 Å². The van der Waals surface area contributed by atoms with E-state index >= 15 is 0 Å². The maximum atomic E-state index is 12.8. The van der Waals surface area contributed by atoms with E-state index in [2.05, 4.69) is 35.9 Å². The van der Waals surface area contributed by atoms with E-state index in [1.165, 1.54) is 41.7 Å². The number of hydrogen-bond donors (Lipinski definition) is 2. The highest BCUT2D eigenvalue weighted by molar-refractivity contribution is 7.91. The molecular formula is C24H37N2O4S2+. The molecule has 0 saturated heterocycles. The molecule has 32 heavy (non-hydrogen) atoms. The Hall–Kier alpha value is -1.74. The van der Waals surface area contributed by atoms with Crippen molar-refractivity contribution >= 4 is 27.3 Å². The van der Waals surface area contributed by atoms with E-state index in [0.717, 1.165) is 24.1 Å². The van der Waals surface area contributed by atoms with Crippen LogP contribution >= 0.6 is 11.3 Å². The first-order chi connectivity index (χ1) is 15.0. The molecule has 8 heteroatoms. The number of unbranched alkanes of at least 4 members (excludes halogenated alkanes) is 2. The zero-order chi connectivity index (χ0) is 23.8. The minimum absolute atomic E-state index is 0.232. The zero-order valence-corrected chi connectivity index (χ0v) is 21.3. The minimum atomic E-state index is -3.76. The molecule has 6 nitrogen and oxygen atoms in total. The molecule has 1 unspecified atom stereocenters. The van der Waals surface area contributed by atoms with E-state index < -0.39 is 22.0 Å². The molecule has 2 rings (SSSR count). The molecule has 0 radical (unpaired) electrons. The molecular weight excluding hydrogens is 444 g/mol. The van der Waals surface area contributed by atoms with E-state index in [1.807, 2.05) is 27.2 Å². The largest absolute Gasteiger partial charge is 0.481 e. The van der Waals surface area contributed by atoms with Gasteiger partial charge in [0.25, 0.3) is 10.0 Å². The van der Waals surface area contributed by atoms with Crippen molar-refractivity contribution in [3.63, 3.8) is 0 Å². The fraction of sp³-hybridized carbons (Fsp3) is 0.542. The van der Waals surface area contributed by atoms with Crippen LogP contribution in [0.15, 0.2) is 40.6 Å². The Morgan fingerprint density at radius 1 is 1.00 bits per heavy atom. The first-order valence-corrected chi connectivity index (χ1v) is 13.5. The Kier molecular flexibility index (Phi) is 9.88. The summed E-state index contributed by atoms with van der Waals surface area (Å²) < 4.78 is 29.0. The van der Waals surface area contributed by atoms with E-state index in [1.54, 1.807) is 6.07 Å². The van der Waals surface area contributed by atoms with Gasteiger partial charge >= 0.3 is 5.97 Å². The number of hydrogen-bond acceptors (Lipinski definition) is 4. The third-order valence-corrected chi connectivity index (χ3v) is 8.32. The molecule has 0 aliphatic rings. The van der Waals surface area contributed by atoms with Crippen LogP contribution in [-0.4, -0.2) is 57.7 Å². The fourth-order valence-electron chi connectivity index (χ4n) is 3.65. The molecule has 0 aliphatic carbocycles. The number of likely N-dealkylation sites (N-methyl/N-ethyl adjacent to an activating group) is 1. The number of aryl methyl sites for hydroxylation is 3. The second kappa shape index (κ2) is 11.9. The SMILES string of the molecule is CCCCCc1ccc(CCc2ccc(S(=O)(=O)NC(CC(=O)O)C[N+](C)(C)C)s2)cc1. The van der Waals surface area contributed by atoms with Crippen LogP contribution in [0, 0.1) is 0 Å². The normalized spacial score (nSPS) is 13.2. The van der Waals surface area contributed by atoms with Gasteiger partial charge < -0.3 is 9.59 Å². The summed E-state index contributed by atoms with van der Waals surface area (Å²) in [6.45, 7) is 2.60. The van der Waals surface area contributed by atoms with Crippen molar-refractivity contribution in [2.75, 3.05) is 27.7 Å². The quantitative estimate of drug-likeness (QED) is 0.314. The number of benzene rings is 1. The summed E-state index contributed by atoms with van der Waals surface area (Å²) in [5, 5.41) is 9.16. The average molecular weight is 482 g/mol. The lowest BCUT2D eigenvalue weighted by atomic mass is 10.0. The Balaban J connectivity index is 1.97. The predicted molar refractivity (Wildman–Crippen MR) is 131 cm³/mol. The number of nitrogens with one attached hydrogen (secondary N) is 1. The number of sulfonamides is 1. The van der Waals surface area contributed by atoms with Gasteiger partial charge in [-0.1, -0.05) is 44.0 Å². The third-order valence-electron chi connectivity index (χ3n) is 5.16. The molecule has 0 spiro atoms. The van der Waals surface area contributed by atoms with Gasteiger partial charge in [-0.3, -0.25) is 4.79 Å². The summed E-state index contributed by atoms with van der Waals surface area (Å²) in [6.07, 6.45) is 6.19. The number of rotatable bonds is 14. The second-order valence-corrected chi connectivity index (χ2v) is 12.5. The van der Waals surface area contributed by atoms with Gasteiger partial charge in [0.15, 0.2) is 0 Å². The third kappa shape index (κ3) is 9.40. The molecule has 1 aromatic carbocycles. The number of carbonyl (C=O) groups is 1. The van der Waals surface area contributed by atoms with Crippen molar-refractivity contribution in [2.24, 2.45) is 0 Å².